The van der Waals surface area contributed by atoms with E-state index in [-0.39, 0.29) is 16.5 Å². The van der Waals surface area contributed by atoms with Crippen LogP contribution in [-0.4, -0.2) is 67.4 Å². The minimum absolute atomic E-state index is 0.0423. The maximum absolute atomic E-state index is 12.9. The average molecular weight is 380 g/mol. The van der Waals surface area contributed by atoms with Crippen molar-refractivity contribution in [2.24, 2.45) is 0 Å². The van der Waals surface area contributed by atoms with Gasteiger partial charge in [0.15, 0.2) is 6.54 Å². The third-order valence-electron chi connectivity index (χ3n) is 4.91. The van der Waals surface area contributed by atoms with Gasteiger partial charge in [-0.15, -0.1) is 0 Å². The Morgan fingerprint density at radius 2 is 1.88 bits per heavy atom. The highest BCUT2D eigenvalue weighted by atomic mass is 32.2. The fourth-order valence-corrected chi connectivity index (χ4v) is 4.74. The maximum atomic E-state index is 12.9. The molecule has 10 heteroatoms. The van der Waals surface area contributed by atoms with Crippen LogP contribution in [-0.2, 0) is 14.8 Å². The molecule has 0 atom stereocenters. The quantitative estimate of drug-likeness (QED) is 0.481. The lowest BCUT2D eigenvalue weighted by Crippen LogP contribution is -3.15. The zero-order valence-electron chi connectivity index (χ0n) is 14.2. The number of imidazole rings is 1. The normalized spacial score (nSPS) is 19.7. The highest BCUT2D eigenvalue weighted by Gasteiger charge is 2.32. The molecule has 2 aromatic rings. The molecule has 4 rings (SSSR count). The van der Waals surface area contributed by atoms with Crippen LogP contribution in [0.3, 0.4) is 0 Å². The first-order chi connectivity index (χ1) is 12.4. The number of sulfonamides is 1. The zero-order valence-corrected chi connectivity index (χ0v) is 15.1. The Kier molecular flexibility index (Phi) is 4.33. The van der Waals surface area contributed by atoms with Crippen molar-refractivity contribution in [2.45, 2.75) is 23.8 Å². The first kappa shape index (κ1) is 17.3. The van der Waals surface area contributed by atoms with E-state index >= 15 is 0 Å². The molecule has 2 aliphatic rings. The molecule has 26 heavy (non-hydrogen) atoms. The van der Waals surface area contributed by atoms with E-state index in [4.69, 9.17) is 0 Å². The lowest BCUT2D eigenvalue weighted by molar-refractivity contribution is -0.895. The van der Waals surface area contributed by atoms with Crippen molar-refractivity contribution < 1.29 is 18.1 Å². The number of nitrogens with zero attached hydrogens (tertiary/aromatic N) is 1. The lowest BCUT2D eigenvalue weighted by atomic mass is 10.3. The third-order valence-corrected chi connectivity index (χ3v) is 6.80. The summed E-state index contributed by atoms with van der Waals surface area (Å²) in [4.78, 5) is 29.7. The van der Waals surface area contributed by atoms with E-state index in [1.807, 2.05) is 0 Å². The van der Waals surface area contributed by atoms with Crippen LogP contribution in [0.15, 0.2) is 27.9 Å². The van der Waals surface area contributed by atoms with E-state index < -0.39 is 10.0 Å². The molecule has 2 heterocycles. The number of piperazine rings is 1. The van der Waals surface area contributed by atoms with Crippen LogP contribution >= 0.6 is 0 Å². The van der Waals surface area contributed by atoms with Crippen LogP contribution in [0.4, 0.5) is 0 Å². The zero-order chi connectivity index (χ0) is 18.3. The van der Waals surface area contributed by atoms with E-state index in [9.17, 15) is 18.0 Å². The number of carbonyl (C=O) groups is 1. The molecule has 9 nitrogen and oxygen atoms in total. The summed E-state index contributed by atoms with van der Waals surface area (Å²) >= 11 is 0. The molecule has 1 saturated heterocycles. The monoisotopic (exact) mass is 380 g/mol. The molecular formula is C16H22N5O4S+. The van der Waals surface area contributed by atoms with E-state index in [2.05, 4.69) is 15.3 Å². The minimum atomic E-state index is -3.62. The lowest BCUT2D eigenvalue weighted by Gasteiger charge is -2.31. The molecule has 0 radical (unpaired) electrons. The van der Waals surface area contributed by atoms with Crippen molar-refractivity contribution in [3.63, 3.8) is 0 Å². The molecule has 0 bridgehead atoms. The Bertz CT molecular complexity index is 983. The molecule has 4 N–H and O–H groups in total. The number of quaternary nitrogens is 1. The number of rotatable bonds is 5. The summed E-state index contributed by atoms with van der Waals surface area (Å²) < 4.78 is 27.2. The molecule has 1 aliphatic heterocycles. The van der Waals surface area contributed by atoms with Gasteiger partial charge in [-0.1, -0.05) is 0 Å². The summed E-state index contributed by atoms with van der Waals surface area (Å²) in [6, 6.07) is 4.91. The summed E-state index contributed by atoms with van der Waals surface area (Å²) in [6.45, 7) is 2.33. The number of aromatic nitrogens is 2. The summed E-state index contributed by atoms with van der Waals surface area (Å²) in [5, 5.41) is 2.96. The highest BCUT2D eigenvalue weighted by molar-refractivity contribution is 7.89. The number of hydrogen-bond donors (Lipinski definition) is 4. The summed E-state index contributed by atoms with van der Waals surface area (Å²) in [5.41, 5.74) is 0.679. The Morgan fingerprint density at radius 3 is 2.58 bits per heavy atom. The number of hydrogen-bond acceptors (Lipinski definition) is 4. The van der Waals surface area contributed by atoms with Gasteiger partial charge in [0.2, 0.25) is 10.0 Å². The average Bonchev–Trinajstić information content (AvgIpc) is 3.32. The van der Waals surface area contributed by atoms with Crippen molar-refractivity contribution in [3.05, 3.63) is 28.7 Å². The van der Waals surface area contributed by atoms with Crippen molar-refractivity contribution in [1.82, 2.24) is 19.6 Å². The number of carbonyl (C=O) groups excluding carboxylic acids is 1. The Morgan fingerprint density at radius 1 is 1.19 bits per heavy atom. The smallest absolute Gasteiger partial charge is 0.323 e. The van der Waals surface area contributed by atoms with Gasteiger partial charge in [-0.3, -0.25) is 4.79 Å². The Hall–Kier alpha value is -2.17. The SMILES string of the molecule is O=C(C[NH+]1CCN(S(=O)(=O)c2ccc3[nH]c(=O)[nH]c3c2)CC1)NC1CC1. The van der Waals surface area contributed by atoms with Gasteiger partial charge in [0.1, 0.15) is 0 Å². The van der Waals surface area contributed by atoms with Crippen LogP contribution in [0, 0.1) is 0 Å². The van der Waals surface area contributed by atoms with E-state index in [1.54, 1.807) is 6.07 Å². The minimum Gasteiger partial charge on any atom is -0.348 e. The van der Waals surface area contributed by atoms with E-state index in [0.717, 1.165) is 17.7 Å². The second-order valence-corrected chi connectivity index (χ2v) is 8.90. The van der Waals surface area contributed by atoms with Crippen LogP contribution in [0.25, 0.3) is 11.0 Å². The largest absolute Gasteiger partial charge is 0.348 e. The molecule has 1 saturated carbocycles. The molecule has 1 aliphatic carbocycles. The topological polar surface area (TPSA) is 120 Å². The number of aromatic amines is 2. The van der Waals surface area contributed by atoms with Crippen LogP contribution in [0.2, 0.25) is 0 Å². The number of benzene rings is 1. The number of nitrogens with one attached hydrogen (secondary N) is 4. The first-order valence-electron chi connectivity index (χ1n) is 8.77. The number of fused-ring (bicyclic) bond motifs is 1. The molecule has 140 valence electrons. The van der Waals surface area contributed by atoms with Gasteiger partial charge in [0.05, 0.1) is 42.1 Å². The fourth-order valence-electron chi connectivity index (χ4n) is 3.27. The third kappa shape index (κ3) is 3.53. The molecule has 1 aromatic carbocycles. The fraction of sp³-hybridized carbons (Fsp3) is 0.500. The van der Waals surface area contributed by atoms with Crippen molar-refractivity contribution in [3.8, 4) is 0 Å². The van der Waals surface area contributed by atoms with E-state index in [0.29, 0.717) is 49.8 Å². The van der Waals surface area contributed by atoms with Gasteiger partial charge in [-0.25, -0.2) is 13.2 Å². The van der Waals surface area contributed by atoms with Crippen LogP contribution < -0.4 is 15.9 Å². The van der Waals surface area contributed by atoms with Gasteiger partial charge in [0.25, 0.3) is 5.91 Å². The second-order valence-electron chi connectivity index (χ2n) is 6.96. The number of amides is 1. The summed E-state index contributed by atoms with van der Waals surface area (Å²) in [5.74, 6) is 0.0423. The molecule has 1 amide bonds. The van der Waals surface area contributed by atoms with Crippen molar-refractivity contribution in [2.75, 3.05) is 32.7 Å². The molecular weight excluding hydrogens is 358 g/mol. The van der Waals surface area contributed by atoms with Gasteiger partial charge in [0, 0.05) is 6.04 Å². The Balaban J connectivity index is 1.41. The van der Waals surface area contributed by atoms with Gasteiger partial charge < -0.3 is 20.2 Å². The second kappa shape index (κ2) is 6.53. The van der Waals surface area contributed by atoms with E-state index in [1.165, 1.54) is 16.4 Å². The maximum Gasteiger partial charge on any atom is 0.323 e. The molecule has 0 unspecified atom stereocenters. The summed E-state index contributed by atoms with van der Waals surface area (Å²) in [7, 11) is -3.62. The predicted molar refractivity (Wildman–Crippen MR) is 94.4 cm³/mol. The Labute approximate surface area is 150 Å². The van der Waals surface area contributed by atoms with Crippen LogP contribution in [0.1, 0.15) is 12.8 Å². The van der Waals surface area contributed by atoms with Crippen molar-refractivity contribution >= 4 is 27.0 Å². The number of H-pyrrole nitrogens is 2. The first-order valence-corrected chi connectivity index (χ1v) is 10.2. The van der Waals surface area contributed by atoms with Crippen molar-refractivity contribution in [1.29, 1.82) is 0 Å². The molecule has 2 fully saturated rings. The summed E-state index contributed by atoms with van der Waals surface area (Å²) in [6.07, 6.45) is 2.12. The van der Waals surface area contributed by atoms with Gasteiger partial charge in [-0.2, -0.15) is 4.31 Å². The van der Waals surface area contributed by atoms with Gasteiger partial charge >= 0.3 is 5.69 Å². The van der Waals surface area contributed by atoms with Gasteiger partial charge in [-0.05, 0) is 31.0 Å². The predicted octanol–water partition coefficient (Wildman–Crippen LogP) is -1.98. The molecule has 0 spiro atoms. The van der Waals surface area contributed by atoms with Crippen LogP contribution in [0.5, 0.6) is 0 Å². The standard InChI is InChI=1S/C16H21N5O4S/c22-15(17-11-1-2-11)10-20-5-7-21(8-6-20)26(24,25)12-3-4-13-14(9-12)19-16(23)18-13/h3-4,9,11H,1-2,5-8,10H2,(H,17,22)(H2,18,19,23)/p+1. The highest BCUT2D eigenvalue weighted by Crippen LogP contribution is 2.19. The molecule has 1 aromatic heterocycles.